The largest absolute Gasteiger partial charge is 0.462 e. The summed E-state index contributed by atoms with van der Waals surface area (Å²) in [7, 11) is 0. The number of ether oxygens (including phenoxy) is 1. The molecule has 0 unspecified atom stereocenters. The van der Waals surface area contributed by atoms with Crippen molar-refractivity contribution in [2.75, 3.05) is 6.61 Å². The van der Waals surface area contributed by atoms with Crippen LogP contribution in [-0.4, -0.2) is 23.5 Å². The number of rotatable bonds is 6. The maximum atomic E-state index is 11.7. The van der Waals surface area contributed by atoms with E-state index in [1.54, 1.807) is 25.1 Å². The van der Waals surface area contributed by atoms with Crippen LogP contribution in [0.5, 0.6) is 0 Å². The molecule has 1 aromatic heterocycles. The first-order chi connectivity index (χ1) is 8.69. The maximum Gasteiger partial charge on any atom is 0.362 e. The molecule has 5 nitrogen and oxygen atoms in total. The standard InChI is InChI=1S/C12H13ClN2O3/c1-3-6-10(13)14-15-11(12(16)17-4-2)9-7-5-8-18-9/h3,5,7-8H,1,4,6H2,2H3. The molecule has 18 heavy (non-hydrogen) atoms. The van der Waals surface area contributed by atoms with Crippen molar-refractivity contribution < 1.29 is 13.9 Å². The number of allylic oxidation sites excluding steroid dienone is 1. The summed E-state index contributed by atoms with van der Waals surface area (Å²) >= 11 is 5.76. The Labute approximate surface area is 110 Å². The van der Waals surface area contributed by atoms with E-state index in [4.69, 9.17) is 20.8 Å². The summed E-state index contributed by atoms with van der Waals surface area (Å²) < 4.78 is 9.95. The van der Waals surface area contributed by atoms with E-state index < -0.39 is 5.97 Å². The topological polar surface area (TPSA) is 64.2 Å². The highest BCUT2D eigenvalue weighted by Crippen LogP contribution is 2.06. The van der Waals surface area contributed by atoms with E-state index in [-0.39, 0.29) is 23.2 Å². The average molecular weight is 269 g/mol. The number of halogens is 1. The van der Waals surface area contributed by atoms with Crippen molar-refractivity contribution in [2.45, 2.75) is 13.3 Å². The molecule has 0 amide bonds. The van der Waals surface area contributed by atoms with E-state index in [1.165, 1.54) is 6.26 Å². The molecule has 0 aliphatic rings. The van der Waals surface area contributed by atoms with Crippen LogP contribution in [0.4, 0.5) is 0 Å². The van der Waals surface area contributed by atoms with Crippen LogP contribution in [0.2, 0.25) is 0 Å². The van der Waals surface area contributed by atoms with Gasteiger partial charge in [0.2, 0.25) is 5.71 Å². The molecule has 0 aromatic carbocycles. The van der Waals surface area contributed by atoms with Crippen LogP contribution in [0.3, 0.4) is 0 Å². The Morgan fingerprint density at radius 1 is 1.61 bits per heavy atom. The Balaban J connectivity index is 2.98. The molecule has 0 aliphatic heterocycles. The van der Waals surface area contributed by atoms with Gasteiger partial charge < -0.3 is 9.15 Å². The number of furan rings is 1. The van der Waals surface area contributed by atoms with E-state index in [0.717, 1.165) is 0 Å². The summed E-state index contributed by atoms with van der Waals surface area (Å²) in [5, 5.41) is 7.69. The van der Waals surface area contributed by atoms with Crippen LogP contribution in [0.15, 0.2) is 45.7 Å². The summed E-state index contributed by atoms with van der Waals surface area (Å²) in [6, 6.07) is 3.23. The van der Waals surface area contributed by atoms with Gasteiger partial charge >= 0.3 is 5.97 Å². The Kier molecular flexibility index (Phi) is 5.87. The van der Waals surface area contributed by atoms with E-state index in [2.05, 4.69) is 16.8 Å². The van der Waals surface area contributed by atoms with Gasteiger partial charge in [0, 0.05) is 6.42 Å². The molecule has 96 valence electrons. The first kappa shape index (κ1) is 14.2. The number of carbonyl (C=O) groups excluding carboxylic acids is 1. The van der Waals surface area contributed by atoms with Crippen LogP contribution in [0, 0.1) is 0 Å². The lowest BCUT2D eigenvalue weighted by Crippen LogP contribution is -2.18. The molecule has 6 heteroatoms. The first-order valence-electron chi connectivity index (χ1n) is 5.31. The highest BCUT2D eigenvalue weighted by atomic mass is 35.5. The van der Waals surface area contributed by atoms with Gasteiger partial charge in [-0.15, -0.1) is 16.8 Å². The van der Waals surface area contributed by atoms with Gasteiger partial charge in [-0.05, 0) is 19.1 Å². The van der Waals surface area contributed by atoms with Crippen molar-refractivity contribution in [1.29, 1.82) is 0 Å². The number of hydrogen-bond donors (Lipinski definition) is 0. The molecule has 0 atom stereocenters. The second-order valence-electron chi connectivity index (χ2n) is 3.12. The van der Waals surface area contributed by atoms with Crippen molar-refractivity contribution in [3.8, 4) is 0 Å². The molecule has 0 saturated heterocycles. The van der Waals surface area contributed by atoms with Crippen LogP contribution in [0.1, 0.15) is 19.1 Å². The van der Waals surface area contributed by atoms with Crippen molar-refractivity contribution in [3.05, 3.63) is 36.8 Å². The summed E-state index contributed by atoms with van der Waals surface area (Å²) in [4.78, 5) is 11.7. The lowest BCUT2D eigenvalue weighted by atomic mass is 10.3. The lowest BCUT2D eigenvalue weighted by Gasteiger charge is -2.01. The summed E-state index contributed by atoms with van der Waals surface area (Å²) in [6.45, 7) is 5.46. The second kappa shape index (κ2) is 7.45. The van der Waals surface area contributed by atoms with Crippen molar-refractivity contribution in [2.24, 2.45) is 10.2 Å². The normalized spacial score (nSPS) is 12.3. The van der Waals surface area contributed by atoms with Crippen molar-refractivity contribution in [1.82, 2.24) is 0 Å². The van der Waals surface area contributed by atoms with Gasteiger partial charge in [0.1, 0.15) is 5.17 Å². The first-order valence-corrected chi connectivity index (χ1v) is 5.68. The average Bonchev–Trinajstić information content (AvgIpc) is 2.83. The minimum Gasteiger partial charge on any atom is -0.462 e. The molecule has 1 aromatic rings. The SMILES string of the molecule is C=CCC(Cl)=NN=C(C(=O)OCC)c1ccco1. The predicted molar refractivity (Wildman–Crippen MR) is 70.0 cm³/mol. The molecular formula is C12H13ClN2O3. The van der Waals surface area contributed by atoms with Crippen LogP contribution >= 0.6 is 11.6 Å². The van der Waals surface area contributed by atoms with E-state index >= 15 is 0 Å². The number of hydrogen-bond acceptors (Lipinski definition) is 5. The molecule has 0 aliphatic carbocycles. The number of nitrogens with zero attached hydrogens (tertiary/aromatic N) is 2. The van der Waals surface area contributed by atoms with Gasteiger partial charge in [-0.25, -0.2) is 4.79 Å². The zero-order valence-corrected chi connectivity index (χ0v) is 10.7. The smallest absolute Gasteiger partial charge is 0.362 e. The highest BCUT2D eigenvalue weighted by molar-refractivity contribution is 6.65. The fourth-order valence-corrected chi connectivity index (χ4v) is 1.21. The predicted octanol–water partition coefficient (Wildman–Crippen LogP) is 2.76. The molecule has 0 fully saturated rings. The number of carbonyl (C=O) groups is 1. The van der Waals surface area contributed by atoms with Crippen LogP contribution in [0.25, 0.3) is 0 Å². The van der Waals surface area contributed by atoms with Gasteiger partial charge in [0.15, 0.2) is 5.76 Å². The molecule has 0 bridgehead atoms. The minimum atomic E-state index is -0.612. The molecule has 0 N–H and O–H groups in total. The van der Waals surface area contributed by atoms with Gasteiger partial charge in [0.05, 0.1) is 12.9 Å². The van der Waals surface area contributed by atoms with Crippen LogP contribution < -0.4 is 0 Å². The summed E-state index contributed by atoms with van der Waals surface area (Å²) in [5.41, 5.74) is -0.0240. The fourth-order valence-electron chi connectivity index (χ4n) is 1.07. The lowest BCUT2D eigenvalue weighted by molar-refractivity contribution is -0.135. The molecular weight excluding hydrogens is 256 g/mol. The molecule has 1 heterocycles. The third kappa shape index (κ3) is 4.18. The number of esters is 1. The van der Waals surface area contributed by atoms with E-state index in [0.29, 0.717) is 6.42 Å². The minimum absolute atomic E-state index is 0.0240. The monoisotopic (exact) mass is 268 g/mol. The summed E-state index contributed by atoms with van der Waals surface area (Å²) in [5.74, 6) is -0.334. The van der Waals surface area contributed by atoms with E-state index in [1.807, 2.05) is 0 Å². The van der Waals surface area contributed by atoms with Crippen LogP contribution in [-0.2, 0) is 9.53 Å². The van der Waals surface area contributed by atoms with Gasteiger partial charge in [-0.1, -0.05) is 17.7 Å². The maximum absolute atomic E-state index is 11.7. The third-order valence-electron chi connectivity index (χ3n) is 1.79. The van der Waals surface area contributed by atoms with E-state index in [9.17, 15) is 4.79 Å². The zero-order chi connectivity index (χ0) is 13.4. The van der Waals surface area contributed by atoms with Crippen molar-refractivity contribution in [3.63, 3.8) is 0 Å². The quantitative estimate of drug-likeness (QED) is 0.345. The summed E-state index contributed by atoms with van der Waals surface area (Å²) in [6.07, 6.45) is 3.39. The van der Waals surface area contributed by atoms with Gasteiger partial charge in [-0.3, -0.25) is 0 Å². The molecule has 0 radical (unpaired) electrons. The molecule has 1 rings (SSSR count). The fraction of sp³-hybridized carbons (Fsp3) is 0.250. The molecule has 0 saturated carbocycles. The Morgan fingerprint density at radius 2 is 2.39 bits per heavy atom. The molecule has 0 spiro atoms. The van der Waals surface area contributed by atoms with Crippen molar-refractivity contribution >= 4 is 28.5 Å². The highest BCUT2D eigenvalue weighted by Gasteiger charge is 2.18. The third-order valence-corrected chi connectivity index (χ3v) is 2.02. The Bertz CT molecular complexity index is 464. The van der Waals surface area contributed by atoms with Gasteiger partial charge in [-0.2, -0.15) is 0 Å². The second-order valence-corrected chi connectivity index (χ2v) is 3.55. The zero-order valence-electron chi connectivity index (χ0n) is 9.93. The Hall–Kier alpha value is -1.88. The van der Waals surface area contributed by atoms with Gasteiger partial charge in [0.25, 0.3) is 0 Å². The Morgan fingerprint density at radius 3 is 2.94 bits per heavy atom.